The number of nitrogen functional groups attached to an aromatic ring is 1. The van der Waals surface area contributed by atoms with Crippen molar-refractivity contribution in [3.63, 3.8) is 0 Å². The third-order valence-corrected chi connectivity index (χ3v) is 5.08. The van der Waals surface area contributed by atoms with Crippen molar-refractivity contribution in [2.45, 2.75) is 25.2 Å². The summed E-state index contributed by atoms with van der Waals surface area (Å²) in [5.74, 6) is 1.68. The van der Waals surface area contributed by atoms with Crippen LogP contribution in [0.3, 0.4) is 0 Å². The van der Waals surface area contributed by atoms with Gasteiger partial charge in [0.1, 0.15) is 11.6 Å². The van der Waals surface area contributed by atoms with Crippen LogP contribution in [-0.4, -0.2) is 20.7 Å². The van der Waals surface area contributed by atoms with Crippen LogP contribution in [0.5, 0.6) is 0 Å². The first-order chi connectivity index (χ1) is 13.5. The van der Waals surface area contributed by atoms with Gasteiger partial charge in [0.05, 0.1) is 21.3 Å². The van der Waals surface area contributed by atoms with Gasteiger partial charge in [0.15, 0.2) is 5.78 Å². The Bertz CT molecular complexity index is 1030. The molecule has 1 saturated carbocycles. The second kappa shape index (κ2) is 7.73. The number of halogens is 2. The quantitative estimate of drug-likeness (QED) is 0.563. The molecule has 142 valence electrons. The number of carbonyl (C=O) groups is 1. The van der Waals surface area contributed by atoms with E-state index in [1.54, 1.807) is 36.5 Å². The molecule has 4 rings (SSSR count). The minimum atomic E-state index is -0.157. The van der Waals surface area contributed by atoms with Gasteiger partial charge in [-0.25, -0.2) is 9.97 Å². The van der Waals surface area contributed by atoms with Crippen molar-refractivity contribution in [3.8, 4) is 0 Å². The van der Waals surface area contributed by atoms with Gasteiger partial charge in [0.25, 0.3) is 0 Å². The van der Waals surface area contributed by atoms with E-state index < -0.39 is 0 Å². The molecule has 1 aliphatic carbocycles. The number of nitrogens with two attached hydrogens (primary N) is 1. The Labute approximate surface area is 172 Å². The first-order valence-corrected chi connectivity index (χ1v) is 9.59. The van der Waals surface area contributed by atoms with E-state index in [1.807, 2.05) is 6.07 Å². The van der Waals surface area contributed by atoms with E-state index >= 15 is 0 Å². The molecule has 1 fully saturated rings. The number of hydrogen-bond donors (Lipinski definition) is 2. The van der Waals surface area contributed by atoms with Gasteiger partial charge in [-0.2, -0.15) is 4.98 Å². The fourth-order valence-electron chi connectivity index (χ4n) is 2.96. The van der Waals surface area contributed by atoms with Crippen molar-refractivity contribution in [3.05, 3.63) is 69.5 Å². The van der Waals surface area contributed by atoms with Crippen molar-refractivity contribution in [1.82, 2.24) is 15.0 Å². The first-order valence-electron chi connectivity index (χ1n) is 8.83. The number of anilines is 3. The number of Topliss-reactive ketones (excluding diaryl/α,β-unsaturated/α-hetero) is 1. The van der Waals surface area contributed by atoms with Gasteiger partial charge in [0, 0.05) is 24.6 Å². The van der Waals surface area contributed by atoms with Gasteiger partial charge < -0.3 is 11.1 Å². The molecule has 0 unspecified atom stereocenters. The molecule has 0 saturated heterocycles. The zero-order valence-electron chi connectivity index (χ0n) is 14.8. The van der Waals surface area contributed by atoms with Crippen molar-refractivity contribution >= 4 is 46.6 Å². The predicted molar refractivity (Wildman–Crippen MR) is 110 cm³/mol. The lowest BCUT2D eigenvalue weighted by Gasteiger charge is -2.09. The second-order valence-corrected chi connectivity index (χ2v) is 7.50. The molecule has 1 aromatic carbocycles. The minimum Gasteiger partial charge on any atom is -0.368 e. The monoisotopic (exact) mass is 413 g/mol. The van der Waals surface area contributed by atoms with Crippen LogP contribution >= 0.6 is 23.2 Å². The Morgan fingerprint density at radius 3 is 2.57 bits per heavy atom. The van der Waals surface area contributed by atoms with E-state index in [-0.39, 0.29) is 18.2 Å². The molecule has 0 bridgehead atoms. The lowest BCUT2D eigenvalue weighted by molar-refractivity contribution is 0.0993. The molecule has 2 heterocycles. The molecule has 3 aromatic rings. The number of aromatic nitrogens is 3. The normalized spacial score (nSPS) is 13.4. The zero-order chi connectivity index (χ0) is 19.7. The molecule has 8 heteroatoms. The number of pyridine rings is 1. The van der Waals surface area contributed by atoms with Crippen LogP contribution < -0.4 is 11.1 Å². The molecule has 28 heavy (non-hydrogen) atoms. The third kappa shape index (κ3) is 4.24. The highest BCUT2D eigenvalue weighted by molar-refractivity contribution is 6.39. The fourth-order valence-corrected chi connectivity index (χ4v) is 3.57. The van der Waals surface area contributed by atoms with Gasteiger partial charge in [-0.05, 0) is 42.7 Å². The smallest absolute Gasteiger partial charge is 0.222 e. The molecular weight excluding hydrogens is 397 g/mol. The van der Waals surface area contributed by atoms with Crippen LogP contribution in [-0.2, 0) is 6.42 Å². The molecule has 0 spiro atoms. The lowest BCUT2D eigenvalue weighted by Crippen LogP contribution is -2.07. The summed E-state index contributed by atoms with van der Waals surface area (Å²) < 4.78 is 0. The maximum atomic E-state index is 12.6. The Kier molecular flexibility index (Phi) is 5.15. The topological polar surface area (TPSA) is 93.8 Å². The van der Waals surface area contributed by atoms with E-state index in [4.69, 9.17) is 28.9 Å². The predicted octanol–water partition coefficient (Wildman–Crippen LogP) is 4.81. The summed E-state index contributed by atoms with van der Waals surface area (Å²) in [7, 11) is 0. The van der Waals surface area contributed by atoms with Gasteiger partial charge in [-0.3, -0.25) is 4.79 Å². The molecule has 0 aliphatic heterocycles. The first kappa shape index (κ1) is 18.7. The number of benzene rings is 1. The molecule has 6 nitrogen and oxygen atoms in total. The fraction of sp³-hybridized carbons (Fsp3) is 0.200. The number of carbonyl (C=O) groups excluding carboxylic acids is 1. The molecule has 0 radical (unpaired) electrons. The van der Waals surface area contributed by atoms with Crippen LogP contribution in [0.1, 0.15) is 40.4 Å². The molecular formula is C20H17Cl2N5O. The highest BCUT2D eigenvalue weighted by Gasteiger charge is 2.26. The van der Waals surface area contributed by atoms with Gasteiger partial charge in [-0.15, -0.1) is 0 Å². The maximum Gasteiger partial charge on any atom is 0.222 e. The third-order valence-electron chi connectivity index (χ3n) is 4.45. The Hall–Kier alpha value is -2.70. The summed E-state index contributed by atoms with van der Waals surface area (Å²) in [6.07, 6.45) is 4.03. The van der Waals surface area contributed by atoms with Crippen molar-refractivity contribution < 1.29 is 4.79 Å². The number of hydrogen-bond acceptors (Lipinski definition) is 6. The molecule has 3 N–H and O–H groups in total. The maximum absolute atomic E-state index is 12.6. The summed E-state index contributed by atoms with van der Waals surface area (Å²) in [5, 5.41) is 3.82. The average Bonchev–Trinajstić information content (AvgIpc) is 3.46. The Balaban J connectivity index is 1.53. The summed E-state index contributed by atoms with van der Waals surface area (Å²) in [4.78, 5) is 25.4. The van der Waals surface area contributed by atoms with Crippen LogP contribution in [0, 0.1) is 0 Å². The number of nitrogens with one attached hydrogen (secondary N) is 1. The van der Waals surface area contributed by atoms with E-state index in [2.05, 4.69) is 20.3 Å². The van der Waals surface area contributed by atoms with E-state index in [9.17, 15) is 4.79 Å². The number of ketones is 1. The highest BCUT2D eigenvalue weighted by atomic mass is 35.5. The van der Waals surface area contributed by atoms with Crippen LogP contribution in [0.4, 0.5) is 17.6 Å². The molecule has 2 aromatic heterocycles. The van der Waals surface area contributed by atoms with E-state index in [1.165, 1.54) is 0 Å². The van der Waals surface area contributed by atoms with Crippen molar-refractivity contribution in [1.29, 1.82) is 0 Å². The van der Waals surface area contributed by atoms with E-state index in [0.717, 1.165) is 24.1 Å². The summed E-state index contributed by atoms with van der Waals surface area (Å²) in [5.41, 5.74) is 7.86. The van der Waals surface area contributed by atoms with Crippen LogP contribution in [0.15, 0.2) is 42.6 Å². The average molecular weight is 414 g/mol. The second-order valence-electron chi connectivity index (χ2n) is 6.68. The van der Waals surface area contributed by atoms with Gasteiger partial charge >= 0.3 is 0 Å². The molecule has 0 amide bonds. The highest BCUT2D eigenvalue weighted by Crippen LogP contribution is 2.39. The molecule has 0 atom stereocenters. The number of nitrogens with zero attached hydrogens (tertiary/aromatic N) is 3. The Morgan fingerprint density at radius 1 is 1.11 bits per heavy atom. The van der Waals surface area contributed by atoms with Crippen LogP contribution in [0.25, 0.3) is 0 Å². The SMILES string of the molecule is Nc1nc(Nc2cc(CC(=O)c3c(Cl)cccc3Cl)ccn2)cc(C2CC2)n1. The van der Waals surface area contributed by atoms with Crippen LogP contribution in [0.2, 0.25) is 10.0 Å². The molecule has 1 aliphatic rings. The van der Waals surface area contributed by atoms with E-state index in [0.29, 0.717) is 33.2 Å². The zero-order valence-corrected chi connectivity index (χ0v) is 16.3. The standard InChI is InChI=1S/C20H17Cl2N5O/c21-13-2-1-3-14(22)19(13)16(28)8-11-6-7-24-17(9-11)26-18-10-15(12-4-5-12)25-20(23)27-18/h1-3,6-7,9-10,12H,4-5,8H2,(H3,23,24,25,26,27). The summed E-state index contributed by atoms with van der Waals surface area (Å²) in [6.45, 7) is 0. The van der Waals surface area contributed by atoms with Crippen molar-refractivity contribution in [2.75, 3.05) is 11.1 Å². The number of rotatable bonds is 6. The van der Waals surface area contributed by atoms with Crippen molar-refractivity contribution in [2.24, 2.45) is 0 Å². The summed E-state index contributed by atoms with van der Waals surface area (Å²) >= 11 is 12.3. The van der Waals surface area contributed by atoms with Gasteiger partial charge in [-0.1, -0.05) is 29.3 Å². The van der Waals surface area contributed by atoms with Gasteiger partial charge in [0.2, 0.25) is 5.95 Å². The largest absolute Gasteiger partial charge is 0.368 e. The lowest BCUT2D eigenvalue weighted by atomic mass is 10.0. The minimum absolute atomic E-state index is 0.153. The summed E-state index contributed by atoms with van der Waals surface area (Å²) in [6, 6.07) is 10.5. The Morgan fingerprint density at radius 2 is 1.86 bits per heavy atom.